The summed E-state index contributed by atoms with van der Waals surface area (Å²) in [5, 5.41) is 21.2. The summed E-state index contributed by atoms with van der Waals surface area (Å²) in [5.74, 6) is -2.69. The molecule has 0 aliphatic rings. The Bertz CT molecular complexity index is 710. The van der Waals surface area contributed by atoms with Crippen LogP contribution in [-0.4, -0.2) is 17.5 Å². The molecule has 0 aromatic heterocycles. The Balaban J connectivity index is 2.08. The van der Waals surface area contributed by atoms with E-state index in [4.69, 9.17) is 9.31 Å². The van der Waals surface area contributed by atoms with E-state index in [0.717, 1.165) is 36.4 Å². The molecule has 0 radical (unpaired) electrons. The van der Waals surface area contributed by atoms with Gasteiger partial charge in [0.2, 0.25) is 0 Å². The van der Waals surface area contributed by atoms with Crippen LogP contribution in [0.25, 0.3) is 0 Å². The molecule has 0 bridgehead atoms. The molecule has 0 amide bonds. The van der Waals surface area contributed by atoms with E-state index in [1.165, 1.54) is 0 Å². The van der Waals surface area contributed by atoms with Crippen molar-refractivity contribution in [3.8, 4) is 11.5 Å². The summed E-state index contributed by atoms with van der Waals surface area (Å²) in [7, 11) is -0.698. The van der Waals surface area contributed by atoms with Crippen LogP contribution in [0.4, 0.5) is 20.2 Å². The number of halogens is 2. The van der Waals surface area contributed by atoms with E-state index >= 15 is 0 Å². The Morgan fingerprint density at radius 2 is 1.22 bits per heavy atom. The quantitative estimate of drug-likeness (QED) is 0.459. The molecular weight excluding hydrogens is 317 g/mol. The number of benzene rings is 2. The second-order valence-electron chi connectivity index (χ2n) is 4.15. The minimum Gasteiger partial charge on any atom is -0.526 e. The standard InChI is InChI=1S/C12H7BF2N2O6/c14-9-3-1-7(16(18)19)5-11(9)22-13-23-12-6-8(17(20)21)2-4-10(12)15/h1-6,13H. The van der Waals surface area contributed by atoms with Crippen LogP contribution in [0.5, 0.6) is 11.5 Å². The normalized spacial score (nSPS) is 10.0. The van der Waals surface area contributed by atoms with Crippen molar-refractivity contribution in [3.63, 3.8) is 0 Å². The summed E-state index contributed by atoms with van der Waals surface area (Å²) in [6.07, 6.45) is 0. The molecule has 0 N–H and O–H groups in total. The van der Waals surface area contributed by atoms with Gasteiger partial charge in [0.25, 0.3) is 11.4 Å². The molecule has 0 heterocycles. The molecule has 2 rings (SSSR count). The summed E-state index contributed by atoms with van der Waals surface area (Å²) in [6, 6.07) is 5.24. The molecule has 8 nitrogen and oxygen atoms in total. The summed E-state index contributed by atoms with van der Waals surface area (Å²) >= 11 is 0. The Kier molecular flexibility index (Phi) is 4.69. The molecule has 118 valence electrons. The first kappa shape index (κ1) is 16.1. The van der Waals surface area contributed by atoms with Gasteiger partial charge in [0.15, 0.2) is 11.6 Å². The summed E-state index contributed by atoms with van der Waals surface area (Å²) in [4.78, 5) is 19.7. The zero-order chi connectivity index (χ0) is 17.0. The van der Waals surface area contributed by atoms with Gasteiger partial charge in [0.1, 0.15) is 11.5 Å². The number of non-ortho nitro benzene ring substituents is 2. The van der Waals surface area contributed by atoms with E-state index < -0.39 is 52.0 Å². The Morgan fingerprint density at radius 3 is 1.57 bits per heavy atom. The minimum absolute atomic E-state index is 0.400. The summed E-state index contributed by atoms with van der Waals surface area (Å²) in [5.41, 5.74) is -0.800. The highest BCUT2D eigenvalue weighted by Crippen LogP contribution is 2.25. The second-order valence-corrected chi connectivity index (χ2v) is 4.15. The first-order chi connectivity index (χ1) is 10.9. The first-order valence-corrected chi connectivity index (χ1v) is 6.02. The van der Waals surface area contributed by atoms with Gasteiger partial charge in [-0.25, -0.2) is 8.78 Å². The molecule has 23 heavy (non-hydrogen) atoms. The van der Waals surface area contributed by atoms with E-state index in [1.54, 1.807) is 0 Å². The van der Waals surface area contributed by atoms with E-state index in [9.17, 15) is 29.0 Å². The maximum Gasteiger partial charge on any atom is 0.576 e. The van der Waals surface area contributed by atoms with Crippen LogP contribution in [-0.2, 0) is 0 Å². The summed E-state index contributed by atoms with van der Waals surface area (Å²) in [6.45, 7) is 0. The lowest BCUT2D eigenvalue weighted by Crippen LogP contribution is -2.13. The smallest absolute Gasteiger partial charge is 0.526 e. The van der Waals surface area contributed by atoms with Crippen LogP contribution >= 0.6 is 0 Å². The van der Waals surface area contributed by atoms with Crippen molar-refractivity contribution in [3.05, 3.63) is 68.3 Å². The highest BCUT2D eigenvalue weighted by molar-refractivity contribution is 6.20. The fraction of sp³-hybridized carbons (Fsp3) is 0. The van der Waals surface area contributed by atoms with Gasteiger partial charge in [-0.2, -0.15) is 0 Å². The van der Waals surface area contributed by atoms with Crippen molar-refractivity contribution in [1.82, 2.24) is 0 Å². The van der Waals surface area contributed by atoms with E-state index in [-0.39, 0.29) is 0 Å². The topological polar surface area (TPSA) is 105 Å². The molecule has 0 atom stereocenters. The van der Waals surface area contributed by atoms with Gasteiger partial charge in [0.05, 0.1) is 22.0 Å². The van der Waals surface area contributed by atoms with Crippen molar-refractivity contribution < 1.29 is 27.9 Å². The summed E-state index contributed by atoms with van der Waals surface area (Å²) < 4.78 is 36.6. The number of hydrogen-bond donors (Lipinski definition) is 0. The zero-order valence-corrected chi connectivity index (χ0v) is 11.3. The number of nitro benzene ring substituents is 2. The highest BCUT2D eigenvalue weighted by atomic mass is 19.1. The average molecular weight is 324 g/mol. The maximum atomic E-state index is 13.4. The van der Waals surface area contributed by atoms with Crippen LogP contribution in [0.2, 0.25) is 0 Å². The Hall–Kier alpha value is -3.24. The molecule has 0 saturated carbocycles. The van der Waals surface area contributed by atoms with Gasteiger partial charge in [0, 0.05) is 12.1 Å². The number of rotatable bonds is 6. The number of nitrogens with zero attached hydrogens (tertiary/aromatic N) is 2. The molecule has 0 unspecified atom stereocenters. The van der Waals surface area contributed by atoms with E-state index in [1.807, 2.05) is 0 Å². The third-order valence-electron chi connectivity index (χ3n) is 2.68. The van der Waals surface area contributed by atoms with Crippen molar-refractivity contribution in [2.75, 3.05) is 0 Å². The lowest BCUT2D eigenvalue weighted by molar-refractivity contribution is -0.385. The van der Waals surface area contributed by atoms with Gasteiger partial charge in [-0.3, -0.25) is 20.2 Å². The maximum absolute atomic E-state index is 13.4. The van der Waals surface area contributed by atoms with Crippen LogP contribution in [0, 0.1) is 31.9 Å². The van der Waals surface area contributed by atoms with Crippen LogP contribution in [0.3, 0.4) is 0 Å². The van der Waals surface area contributed by atoms with Crippen molar-refractivity contribution >= 4 is 19.1 Å². The van der Waals surface area contributed by atoms with Crippen LogP contribution in [0.1, 0.15) is 0 Å². The van der Waals surface area contributed by atoms with Gasteiger partial charge >= 0.3 is 7.69 Å². The van der Waals surface area contributed by atoms with Gasteiger partial charge in [-0.15, -0.1) is 0 Å². The predicted molar refractivity (Wildman–Crippen MR) is 74.5 cm³/mol. The lowest BCUT2D eigenvalue weighted by atomic mass is 10.2. The van der Waals surface area contributed by atoms with Gasteiger partial charge < -0.3 is 9.31 Å². The lowest BCUT2D eigenvalue weighted by Gasteiger charge is -2.08. The second kappa shape index (κ2) is 6.68. The van der Waals surface area contributed by atoms with Gasteiger partial charge in [-0.05, 0) is 12.1 Å². The van der Waals surface area contributed by atoms with Crippen LogP contribution in [0.15, 0.2) is 36.4 Å². The van der Waals surface area contributed by atoms with Crippen molar-refractivity contribution in [1.29, 1.82) is 0 Å². The van der Waals surface area contributed by atoms with Crippen molar-refractivity contribution in [2.45, 2.75) is 0 Å². The van der Waals surface area contributed by atoms with E-state index in [0.29, 0.717) is 0 Å². The number of nitro groups is 2. The molecular formula is C12H7BF2N2O6. The average Bonchev–Trinajstić information content (AvgIpc) is 2.50. The minimum atomic E-state index is -0.876. The Labute approximate surface area is 127 Å². The third-order valence-corrected chi connectivity index (χ3v) is 2.68. The predicted octanol–water partition coefficient (Wildman–Crippen LogP) is 2.51. The molecule has 11 heteroatoms. The molecule has 2 aromatic carbocycles. The molecule has 2 aromatic rings. The molecule has 0 aliphatic carbocycles. The fourth-order valence-corrected chi connectivity index (χ4v) is 1.59. The Morgan fingerprint density at radius 1 is 0.826 bits per heavy atom. The van der Waals surface area contributed by atoms with Crippen LogP contribution < -0.4 is 9.31 Å². The first-order valence-electron chi connectivity index (χ1n) is 6.02. The van der Waals surface area contributed by atoms with E-state index in [2.05, 4.69) is 0 Å². The highest BCUT2D eigenvalue weighted by Gasteiger charge is 2.15. The largest absolute Gasteiger partial charge is 0.576 e. The molecule has 0 fully saturated rings. The monoisotopic (exact) mass is 324 g/mol. The SMILES string of the molecule is O=[N+]([O-])c1ccc(F)c(OBOc2cc([N+](=O)[O-])ccc2F)c1. The third kappa shape index (κ3) is 3.90. The fourth-order valence-electron chi connectivity index (χ4n) is 1.59. The molecule has 0 spiro atoms. The van der Waals surface area contributed by atoms with Gasteiger partial charge in [-0.1, -0.05) is 0 Å². The molecule has 0 aliphatic heterocycles. The number of hydrogen-bond acceptors (Lipinski definition) is 6. The zero-order valence-electron chi connectivity index (χ0n) is 11.3. The molecule has 0 saturated heterocycles. The van der Waals surface area contributed by atoms with Crippen molar-refractivity contribution in [2.24, 2.45) is 0 Å².